The monoisotopic (exact) mass is 431 g/mol. The first kappa shape index (κ1) is 18.4. The number of rotatable bonds is 4. The zero-order chi connectivity index (χ0) is 18.8. The van der Waals surface area contributed by atoms with Crippen molar-refractivity contribution in [2.75, 3.05) is 36.8 Å². The number of halogens is 1. The number of ketones is 1. The molecule has 0 unspecified atom stereocenters. The number of carbonyl (C=O) groups is 1. The first-order valence-corrected chi connectivity index (χ1v) is 10.3. The Kier molecular flexibility index (Phi) is 5.41. The molecule has 6 nitrogen and oxygen atoms in total. The average molecular weight is 432 g/mol. The van der Waals surface area contributed by atoms with Crippen LogP contribution in [0.4, 0.5) is 11.6 Å². The van der Waals surface area contributed by atoms with E-state index in [-0.39, 0.29) is 13.0 Å². The average Bonchev–Trinajstić information content (AvgIpc) is 3.24. The van der Waals surface area contributed by atoms with Gasteiger partial charge in [0.1, 0.15) is 17.3 Å². The summed E-state index contributed by atoms with van der Waals surface area (Å²) in [7, 11) is 0. The van der Waals surface area contributed by atoms with Crippen molar-refractivity contribution in [2.45, 2.75) is 31.7 Å². The van der Waals surface area contributed by atoms with E-state index in [0.717, 1.165) is 42.5 Å². The van der Waals surface area contributed by atoms with Crippen LogP contribution in [0.1, 0.15) is 43.2 Å². The minimum absolute atomic E-state index is 0. The molecule has 0 amide bonds. The molecule has 1 saturated heterocycles. The lowest BCUT2D eigenvalue weighted by Gasteiger charge is -2.38. The molecule has 2 aliphatic rings. The predicted molar refractivity (Wildman–Crippen MR) is 112 cm³/mol. The Hall–Kier alpha value is -1.99. The quantitative estimate of drug-likeness (QED) is 0.747. The van der Waals surface area contributed by atoms with E-state index < -0.39 is 0 Å². The van der Waals surface area contributed by atoms with Crippen LogP contribution in [0.15, 0.2) is 34.9 Å². The van der Waals surface area contributed by atoms with Crippen molar-refractivity contribution in [1.82, 2.24) is 14.9 Å². The molecule has 144 valence electrons. The van der Waals surface area contributed by atoms with Gasteiger partial charge in [0.2, 0.25) is 5.78 Å². The van der Waals surface area contributed by atoms with Crippen molar-refractivity contribution in [3.8, 4) is 0 Å². The zero-order valence-corrected chi connectivity index (χ0v) is 16.9. The van der Waals surface area contributed by atoms with Crippen LogP contribution in [-0.2, 0) is 0 Å². The van der Waals surface area contributed by atoms with Crippen LogP contribution in [0.3, 0.4) is 0 Å². The molecular weight excluding hydrogens is 406 g/mol. The summed E-state index contributed by atoms with van der Waals surface area (Å²) in [6.07, 6.45) is 6.99. The summed E-state index contributed by atoms with van der Waals surface area (Å²) in [6, 6.07) is 8.06. The number of pyridine rings is 2. The number of nitrogens with two attached hydrogens (primary N) is 1. The fourth-order valence-electron chi connectivity index (χ4n) is 4.08. The van der Waals surface area contributed by atoms with Crippen molar-refractivity contribution in [3.05, 3.63) is 46.2 Å². The van der Waals surface area contributed by atoms with E-state index in [4.69, 9.17) is 5.73 Å². The standard InChI is InChI=1S/C20H24BrN5O.H2/c21-14-12-16(20(22)23-13-14)19(27)17-6-3-7-18(24-17)26-10-8-25(9-11-26)15-4-1-2-5-15;/h3,6-7,12-13,15H,1-2,4-5,8-11H2,(H2,22,23);1H. The van der Waals surface area contributed by atoms with Crippen molar-refractivity contribution in [1.29, 1.82) is 0 Å². The van der Waals surface area contributed by atoms with Crippen LogP contribution in [-0.4, -0.2) is 52.9 Å². The van der Waals surface area contributed by atoms with Crippen molar-refractivity contribution >= 4 is 33.3 Å². The van der Waals surface area contributed by atoms with Gasteiger partial charge in [-0.15, -0.1) is 0 Å². The number of hydrogen-bond acceptors (Lipinski definition) is 6. The van der Waals surface area contributed by atoms with Gasteiger partial charge in [-0.1, -0.05) is 18.9 Å². The molecule has 1 aliphatic carbocycles. The summed E-state index contributed by atoms with van der Waals surface area (Å²) < 4.78 is 0.722. The highest BCUT2D eigenvalue weighted by Crippen LogP contribution is 2.26. The molecule has 0 radical (unpaired) electrons. The highest BCUT2D eigenvalue weighted by Gasteiger charge is 2.27. The lowest BCUT2D eigenvalue weighted by atomic mass is 10.1. The maximum Gasteiger partial charge on any atom is 0.215 e. The van der Waals surface area contributed by atoms with Gasteiger partial charge in [-0.05, 0) is 47.0 Å². The summed E-state index contributed by atoms with van der Waals surface area (Å²) in [5, 5.41) is 0. The number of carbonyl (C=O) groups excluding carboxylic acids is 1. The third-order valence-corrected chi connectivity index (χ3v) is 6.01. The molecule has 0 aromatic carbocycles. The van der Waals surface area contributed by atoms with E-state index in [2.05, 4.69) is 35.7 Å². The van der Waals surface area contributed by atoms with Crippen molar-refractivity contribution in [3.63, 3.8) is 0 Å². The van der Waals surface area contributed by atoms with E-state index in [1.54, 1.807) is 18.3 Å². The van der Waals surface area contributed by atoms with E-state index in [9.17, 15) is 4.79 Å². The van der Waals surface area contributed by atoms with Crippen LogP contribution in [0.5, 0.6) is 0 Å². The lowest BCUT2D eigenvalue weighted by Crippen LogP contribution is -2.50. The molecule has 7 heteroatoms. The van der Waals surface area contributed by atoms with Gasteiger partial charge < -0.3 is 10.6 Å². The second kappa shape index (κ2) is 7.94. The number of hydrogen-bond donors (Lipinski definition) is 1. The summed E-state index contributed by atoms with van der Waals surface area (Å²) in [5.41, 5.74) is 6.66. The smallest absolute Gasteiger partial charge is 0.215 e. The first-order chi connectivity index (χ1) is 13.1. The van der Waals surface area contributed by atoms with Crippen LogP contribution in [0.25, 0.3) is 0 Å². The number of nitrogen functional groups attached to an aromatic ring is 1. The highest BCUT2D eigenvalue weighted by molar-refractivity contribution is 9.10. The van der Waals surface area contributed by atoms with E-state index in [1.165, 1.54) is 25.7 Å². The van der Waals surface area contributed by atoms with Gasteiger partial charge in [-0.3, -0.25) is 9.69 Å². The van der Waals surface area contributed by atoms with Gasteiger partial charge in [0, 0.05) is 44.3 Å². The molecule has 2 N–H and O–H groups in total. The molecule has 2 fully saturated rings. The van der Waals surface area contributed by atoms with Crippen LogP contribution in [0.2, 0.25) is 0 Å². The maximum atomic E-state index is 12.9. The molecule has 4 rings (SSSR count). The third kappa shape index (κ3) is 3.99. The fraction of sp³-hybridized carbons (Fsp3) is 0.450. The summed E-state index contributed by atoms with van der Waals surface area (Å²) in [4.78, 5) is 26.4. The van der Waals surface area contributed by atoms with Crippen LogP contribution < -0.4 is 10.6 Å². The molecule has 2 aromatic heterocycles. The van der Waals surface area contributed by atoms with Gasteiger partial charge in [-0.2, -0.15) is 0 Å². The summed E-state index contributed by atoms with van der Waals surface area (Å²) in [6.45, 7) is 4.02. The third-order valence-electron chi connectivity index (χ3n) is 5.58. The largest absolute Gasteiger partial charge is 0.383 e. The van der Waals surface area contributed by atoms with E-state index >= 15 is 0 Å². The van der Waals surface area contributed by atoms with Crippen molar-refractivity contribution < 1.29 is 6.22 Å². The predicted octanol–water partition coefficient (Wildman–Crippen LogP) is 3.36. The summed E-state index contributed by atoms with van der Waals surface area (Å²) in [5.74, 6) is 0.877. The lowest BCUT2D eigenvalue weighted by molar-refractivity contribution is 0.103. The minimum Gasteiger partial charge on any atom is -0.383 e. The second-order valence-electron chi connectivity index (χ2n) is 7.26. The Labute approximate surface area is 169 Å². The molecule has 1 saturated carbocycles. The van der Waals surface area contributed by atoms with E-state index in [1.807, 2.05) is 12.1 Å². The van der Waals surface area contributed by atoms with E-state index in [0.29, 0.717) is 11.3 Å². The summed E-state index contributed by atoms with van der Waals surface area (Å²) >= 11 is 3.34. The number of piperazine rings is 1. The normalized spacial score (nSPS) is 18.8. The molecule has 0 atom stereocenters. The molecular formula is C20H26BrN5O. The topological polar surface area (TPSA) is 75.3 Å². The Morgan fingerprint density at radius 1 is 1.19 bits per heavy atom. The van der Waals surface area contributed by atoms with Gasteiger partial charge in [0.15, 0.2) is 0 Å². The first-order valence-electron chi connectivity index (χ1n) is 9.53. The van der Waals surface area contributed by atoms with Crippen LogP contribution >= 0.6 is 15.9 Å². The molecule has 1 aliphatic heterocycles. The van der Waals surface area contributed by atoms with Gasteiger partial charge in [0.05, 0.1) is 5.56 Å². The molecule has 0 bridgehead atoms. The SMILES string of the molecule is Nc1ncc(Br)cc1C(=O)c1cccc(N2CCN(C3CCCC3)CC2)n1.[HH]. The number of anilines is 2. The Morgan fingerprint density at radius 2 is 1.93 bits per heavy atom. The second-order valence-corrected chi connectivity index (χ2v) is 8.17. The van der Waals surface area contributed by atoms with Gasteiger partial charge >= 0.3 is 0 Å². The van der Waals surface area contributed by atoms with Gasteiger partial charge in [0.25, 0.3) is 0 Å². The molecule has 2 aromatic rings. The Balaban J connectivity index is 0.00000225. The Morgan fingerprint density at radius 3 is 2.67 bits per heavy atom. The van der Waals surface area contributed by atoms with Gasteiger partial charge in [-0.25, -0.2) is 9.97 Å². The highest BCUT2D eigenvalue weighted by atomic mass is 79.9. The molecule has 0 spiro atoms. The number of aromatic nitrogens is 2. The molecule has 27 heavy (non-hydrogen) atoms. The zero-order valence-electron chi connectivity index (χ0n) is 15.3. The Bertz CT molecular complexity index is 835. The maximum absolute atomic E-state index is 12.9. The number of nitrogens with zero attached hydrogens (tertiary/aromatic N) is 4. The minimum atomic E-state index is -0.201. The van der Waals surface area contributed by atoms with Crippen LogP contribution in [0, 0.1) is 0 Å². The van der Waals surface area contributed by atoms with Crippen molar-refractivity contribution in [2.24, 2.45) is 0 Å². The molecule has 3 heterocycles. The fourth-order valence-corrected chi connectivity index (χ4v) is 4.41.